The van der Waals surface area contributed by atoms with Gasteiger partial charge >= 0.3 is 0 Å². The van der Waals surface area contributed by atoms with Crippen molar-refractivity contribution < 1.29 is 4.42 Å². The molecule has 0 fully saturated rings. The summed E-state index contributed by atoms with van der Waals surface area (Å²) in [4.78, 5) is 15.8. The Hall–Kier alpha value is -8.15. The fourth-order valence-corrected chi connectivity index (χ4v) is 9.26. The van der Waals surface area contributed by atoms with Crippen molar-refractivity contribution in [2.75, 3.05) is 0 Å². The van der Waals surface area contributed by atoms with Gasteiger partial charge in [0.15, 0.2) is 23.1 Å². The average molecular weight is 765 g/mol. The Labute approximate surface area is 343 Å². The van der Waals surface area contributed by atoms with E-state index in [1.165, 1.54) is 43.1 Å². The van der Waals surface area contributed by atoms with E-state index in [0.717, 1.165) is 66.1 Å². The lowest BCUT2D eigenvalue weighted by molar-refractivity contribution is 0.666. The van der Waals surface area contributed by atoms with E-state index in [1.54, 1.807) is 0 Å². The molecule has 0 amide bonds. The summed E-state index contributed by atoms with van der Waals surface area (Å²) >= 11 is 0. The molecule has 13 aromatic rings. The van der Waals surface area contributed by atoms with Crippen molar-refractivity contribution in [2.45, 2.75) is 0 Å². The average Bonchev–Trinajstić information content (AvgIpc) is 3.85. The van der Waals surface area contributed by atoms with Gasteiger partial charge in [-0.1, -0.05) is 146 Å². The molecule has 10 aromatic carbocycles. The molecule has 5 heteroatoms. The minimum absolute atomic E-state index is 0.585. The standard InChI is InChI=1S/C55H32N4O/c1-2-13-35-27-39(24-21-33(35)11-1)53-56-54(40-25-26-43-38(28-40)23-22-34-12-5-6-16-42(34)43)58-55(57-53)41-30-47-45-18-8-10-20-51(45)60-52(47)50(32-41)59-48-19-9-7-17-44(48)46-29-36-14-3-4-15-37(36)31-49(46)59/h1-32H. The maximum atomic E-state index is 6.81. The fraction of sp³-hybridized carbons (Fsp3) is 0. The predicted octanol–water partition coefficient (Wildman–Crippen LogP) is 14.5. The Morgan fingerprint density at radius 3 is 1.67 bits per heavy atom. The van der Waals surface area contributed by atoms with Crippen molar-refractivity contribution in [2.24, 2.45) is 0 Å². The number of fused-ring (bicyclic) bond motifs is 11. The van der Waals surface area contributed by atoms with Crippen LogP contribution in [0.15, 0.2) is 199 Å². The Balaban J connectivity index is 1.10. The molecular weight excluding hydrogens is 733 g/mol. The lowest BCUT2D eigenvalue weighted by Crippen LogP contribution is -2.01. The van der Waals surface area contributed by atoms with E-state index in [4.69, 9.17) is 19.4 Å². The van der Waals surface area contributed by atoms with Gasteiger partial charge in [0.25, 0.3) is 0 Å². The number of rotatable bonds is 4. The molecule has 3 aromatic heterocycles. The highest BCUT2D eigenvalue weighted by Gasteiger charge is 2.22. The predicted molar refractivity (Wildman–Crippen MR) is 248 cm³/mol. The molecule has 0 N–H and O–H groups in total. The Bertz CT molecular complexity index is 3910. The molecule has 60 heavy (non-hydrogen) atoms. The number of para-hydroxylation sites is 2. The molecule has 0 saturated carbocycles. The molecule has 0 aliphatic rings. The monoisotopic (exact) mass is 764 g/mol. The number of aromatic nitrogens is 4. The zero-order chi connectivity index (χ0) is 39.3. The van der Waals surface area contributed by atoms with E-state index >= 15 is 0 Å². The number of furan rings is 1. The zero-order valence-corrected chi connectivity index (χ0v) is 32.2. The number of benzene rings is 10. The first-order chi connectivity index (χ1) is 29.7. The molecule has 0 spiro atoms. The molecule has 0 aliphatic heterocycles. The summed E-state index contributed by atoms with van der Waals surface area (Å²) in [5.74, 6) is 1.81. The second-order valence-corrected chi connectivity index (χ2v) is 15.6. The van der Waals surface area contributed by atoms with Crippen LogP contribution in [0.5, 0.6) is 0 Å². The maximum Gasteiger partial charge on any atom is 0.164 e. The summed E-state index contributed by atoms with van der Waals surface area (Å²) in [6.45, 7) is 0. The summed E-state index contributed by atoms with van der Waals surface area (Å²) in [7, 11) is 0. The molecule has 5 nitrogen and oxygen atoms in total. The highest BCUT2D eigenvalue weighted by Crippen LogP contribution is 2.42. The second-order valence-electron chi connectivity index (χ2n) is 15.6. The van der Waals surface area contributed by atoms with Crippen LogP contribution in [0.4, 0.5) is 0 Å². The fourth-order valence-electron chi connectivity index (χ4n) is 9.26. The van der Waals surface area contributed by atoms with E-state index in [-0.39, 0.29) is 0 Å². The van der Waals surface area contributed by atoms with E-state index in [9.17, 15) is 0 Å². The zero-order valence-electron chi connectivity index (χ0n) is 32.2. The van der Waals surface area contributed by atoms with Gasteiger partial charge in [-0.05, 0) is 91.6 Å². The van der Waals surface area contributed by atoms with Crippen LogP contribution in [0.1, 0.15) is 0 Å². The summed E-state index contributed by atoms with van der Waals surface area (Å²) in [5.41, 5.74) is 7.47. The molecule has 3 heterocycles. The van der Waals surface area contributed by atoms with Crippen molar-refractivity contribution >= 4 is 86.8 Å². The minimum Gasteiger partial charge on any atom is -0.454 e. The topological polar surface area (TPSA) is 56.7 Å². The van der Waals surface area contributed by atoms with Gasteiger partial charge in [0.05, 0.1) is 16.7 Å². The van der Waals surface area contributed by atoms with E-state index in [1.807, 2.05) is 12.1 Å². The number of hydrogen-bond acceptors (Lipinski definition) is 4. The highest BCUT2D eigenvalue weighted by molar-refractivity contribution is 6.16. The lowest BCUT2D eigenvalue weighted by Gasteiger charge is -2.13. The van der Waals surface area contributed by atoms with Crippen molar-refractivity contribution in [3.8, 4) is 39.9 Å². The maximum absolute atomic E-state index is 6.81. The molecule has 0 bridgehead atoms. The first-order valence-corrected chi connectivity index (χ1v) is 20.3. The molecule has 13 rings (SSSR count). The summed E-state index contributed by atoms with van der Waals surface area (Å²) < 4.78 is 9.16. The van der Waals surface area contributed by atoms with Crippen LogP contribution in [-0.2, 0) is 0 Å². The van der Waals surface area contributed by atoms with Gasteiger partial charge in [0.2, 0.25) is 0 Å². The van der Waals surface area contributed by atoms with Gasteiger partial charge in [-0.15, -0.1) is 0 Å². The smallest absolute Gasteiger partial charge is 0.164 e. The van der Waals surface area contributed by atoms with Gasteiger partial charge in [0, 0.05) is 38.2 Å². The van der Waals surface area contributed by atoms with Gasteiger partial charge in [-0.25, -0.2) is 15.0 Å². The lowest BCUT2D eigenvalue weighted by atomic mass is 10.00. The van der Waals surface area contributed by atoms with Gasteiger partial charge < -0.3 is 8.98 Å². The molecule has 0 radical (unpaired) electrons. The van der Waals surface area contributed by atoms with Crippen molar-refractivity contribution in [1.29, 1.82) is 0 Å². The normalized spacial score (nSPS) is 12.0. The van der Waals surface area contributed by atoms with Gasteiger partial charge in [0.1, 0.15) is 5.58 Å². The summed E-state index contributed by atoms with van der Waals surface area (Å²) in [5, 5.41) is 13.8. The second kappa shape index (κ2) is 12.7. The van der Waals surface area contributed by atoms with Gasteiger partial charge in [-0.2, -0.15) is 0 Å². The Morgan fingerprint density at radius 2 is 0.867 bits per heavy atom. The Morgan fingerprint density at radius 1 is 0.317 bits per heavy atom. The quantitative estimate of drug-likeness (QED) is 0.167. The molecule has 0 atom stereocenters. The number of nitrogens with zero attached hydrogens (tertiary/aromatic N) is 4. The molecule has 0 saturated heterocycles. The van der Waals surface area contributed by atoms with E-state index in [0.29, 0.717) is 17.5 Å². The van der Waals surface area contributed by atoms with Crippen LogP contribution in [-0.4, -0.2) is 19.5 Å². The first-order valence-electron chi connectivity index (χ1n) is 20.3. The van der Waals surface area contributed by atoms with Crippen LogP contribution in [0.25, 0.3) is 127 Å². The van der Waals surface area contributed by atoms with Crippen molar-refractivity contribution in [3.05, 3.63) is 194 Å². The molecule has 0 unspecified atom stereocenters. The van der Waals surface area contributed by atoms with Crippen molar-refractivity contribution in [1.82, 2.24) is 19.5 Å². The molecule has 278 valence electrons. The largest absolute Gasteiger partial charge is 0.454 e. The third kappa shape index (κ3) is 5.03. The molecule has 0 aliphatic carbocycles. The summed E-state index contributed by atoms with van der Waals surface area (Å²) in [6.07, 6.45) is 0. The van der Waals surface area contributed by atoms with Crippen LogP contribution in [0.2, 0.25) is 0 Å². The van der Waals surface area contributed by atoms with Crippen LogP contribution in [0.3, 0.4) is 0 Å². The number of hydrogen-bond donors (Lipinski definition) is 0. The van der Waals surface area contributed by atoms with E-state index < -0.39 is 0 Å². The third-order valence-corrected chi connectivity index (χ3v) is 12.1. The van der Waals surface area contributed by atoms with Crippen molar-refractivity contribution in [3.63, 3.8) is 0 Å². The van der Waals surface area contributed by atoms with E-state index in [2.05, 4.69) is 187 Å². The van der Waals surface area contributed by atoms with Gasteiger partial charge in [-0.3, -0.25) is 0 Å². The van der Waals surface area contributed by atoms with Crippen LogP contribution < -0.4 is 0 Å². The Kier molecular flexibility index (Phi) is 6.95. The van der Waals surface area contributed by atoms with Crippen LogP contribution in [0, 0.1) is 0 Å². The SMILES string of the molecule is c1ccc2cc(-c3nc(-c4ccc5c(ccc6ccccc65)c4)nc(-c4cc(-n5c6ccccc6c6cc7ccccc7cc65)c5oc6ccccc6c5c4)n3)ccc2c1. The molecular formula is C55H32N4O. The minimum atomic E-state index is 0.585. The van der Waals surface area contributed by atoms with Crippen LogP contribution >= 0.6 is 0 Å². The first kappa shape index (κ1) is 32.9. The third-order valence-electron chi connectivity index (χ3n) is 12.1. The highest BCUT2D eigenvalue weighted by atomic mass is 16.3. The summed E-state index contributed by atoms with van der Waals surface area (Å²) in [6, 6.07) is 68.7.